The van der Waals surface area contributed by atoms with E-state index in [2.05, 4.69) is 17.2 Å². The van der Waals surface area contributed by atoms with Crippen molar-refractivity contribution >= 4 is 28.4 Å². The van der Waals surface area contributed by atoms with Crippen molar-refractivity contribution in [3.05, 3.63) is 59.8 Å². The van der Waals surface area contributed by atoms with E-state index in [0.717, 1.165) is 23.0 Å². The lowest BCUT2D eigenvalue weighted by Gasteiger charge is -2.18. The Morgan fingerprint density at radius 2 is 1.65 bits per heavy atom. The summed E-state index contributed by atoms with van der Waals surface area (Å²) in [5.41, 5.74) is 2.70. The minimum atomic E-state index is -0.204. The number of imide groups is 1. The highest BCUT2D eigenvalue weighted by Gasteiger charge is 2.34. The van der Waals surface area contributed by atoms with Gasteiger partial charge in [0.1, 0.15) is 0 Å². The maximum absolute atomic E-state index is 12.5. The monoisotopic (exact) mass is 419 g/mol. The van der Waals surface area contributed by atoms with Crippen molar-refractivity contribution in [1.29, 1.82) is 0 Å². The molecule has 1 aliphatic heterocycles. The van der Waals surface area contributed by atoms with E-state index in [-0.39, 0.29) is 17.9 Å². The number of pyridine rings is 1. The molecule has 31 heavy (non-hydrogen) atoms. The number of methoxy groups -OCH3 is 2. The molecule has 7 nitrogen and oxygen atoms in total. The van der Waals surface area contributed by atoms with Gasteiger partial charge in [0, 0.05) is 24.0 Å². The molecule has 0 aliphatic carbocycles. The predicted octanol–water partition coefficient (Wildman–Crippen LogP) is 4.13. The Morgan fingerprint density at radius 3 is 2.29 bits per heavy atom. The summed E-state index contributed by atoms with van der Waals surface area (Å²) >= 11 is 0. The van der Waals surface area contributed by atoms with Gasteiger partial charge in [-0.15, -0.1) is 0 Å². The lowest BCUT2D eigenvalue weighted by atomic mass is 10.1. The van der Waals surface area contributed by atoms with Crippen LogP contribution in [0, 0.1) is 0 Å². The number of benzene rings is 2. The summed E-state index contributed by atoms with van der Waals surface area (Å²) in [6.07, 6.45) is 3.30. The van der Waals surface area contributed by atoms with Gasteiger partial charge in [0.05, 0.1) is 42.7 Å². The average molecular weight is 419 g/mol. The Morgan fingerprint density at radius 1 is 1.00 bits per heavy atom. The zero-order chi connectivity index (χ0) is 22.0. The Kier molecular flexibility index (Phi) is 5.75. The van der Waals surface area contributed by atoms with Gasteiger partial charge in [0.2, 0.25) is 0 Å². The van der Waals surface area contributed by atoms with E-state index in [1.807, 2.05) is 18.2 Å². The summed E-state index contributed by atoms with van der Waals surface area (Å²) in [5.74, 6) is 0.890. The van der Waals surface area contributed by atoms with Gasteiger partial charge in [0.15, 0.2) is 11.5 Å². The van der Waals surface area contributed by atoms with E-state index >= 15 is 0 Å². The first-order chi connectivity index (χ1) is 15.0. The van der Waals surface area contributed by atoms with E-state index < -0.39 is 0 Å². The Hall–Kier alpha value is -3.61. The summed E-state index contributed by atoms with van der Waals surface area (Å²) in [5, 5.41) is 4.39. The lowest BCUT2D eigenvalue weighted by Crippen LogP contribution is -2.31. The average Bonchev–Trinajstić information content (AvgIpc) is 3.03. The fraction of sp³-hybridized carbons (Fsp3) is 0.292. The summed E-state index contributed by atoms with van der Waals surface area (Å²) in [6, 6.07) is 12.9. The number of carbonyl (C=O) groups is 2. The van der Waals surface area contributed by atoms with E-state index in [0.29, 0.717) is 35.6 Å². The zero-order valence-corrected chi connectivity index (χ0v) is 17.8. The first-order valence-electron chi connectivity index (χ1n) is 10.3. The molecule has 0 fully saturated rings. The summed E-state index contributed by atoms with van der Waals surface area (Å²) in [4.78, 5) is 30.8. The highest BCUT2D eigenvalue weighted by molar-refractivity contribution is 6.21. The van der Waals surface area contributed by atoms with Gasteiger partial charge in [-0.2, -0.15) is 0 Å². The minimum Gasteiger partial charge on any atom is -0.493 e. The molecule has 4 rings (SSSR count). The van der Waals surface area contributed by atoms with Crippen LogP contribution in [-0.2, 0) is 0 Å². The van der Waals surface area contributed by atoms with Crippen LogP contribution in [0.3, 0.4) is 0 Å². The van der Waals surface area contributed by atoms with Crippen molar-refractivity contribution in [2.24, 2.45) is 0 Å². The maximum Gasteiger partial charge on any atom is 0.261 e. The van der Waals surface area contributed by atoms with Gasteiger partial charge in [-0.1, -0.05) is 12.1 Å². The third-order valence-electron chi connectivity index (χ3n) is 5.50. The SMILES string of the molecule is COc1cc2cc(NC(C)CCCN3C(=O)c4ccccc4C3=O)cnc2cc1OC. The number of amides is 2. The quantitative estimate of drug-likeness (QED) is 0.553. The second-order valence-electron chi connectivity index (χ2n) is 7.62. The number of hydrogen-bond acceptors (Lipinski definition) is 6. The number of nitrogens with one attached hydrogen (secondary N) is 1. The molecule has 0 bridgehead atoms. The largest absolute Gasteiger partial charge is 0.493 e. The summed E-state index contributed by atoms with van der Waals surface area (Å²) in [6.45, 7) is 2.48. The molecular weight excluding hydrogens is 394 g/mol. The van der Waals surface area contributed by atoms with Crippen molar-refractivity contribution in [2.75, 3.05) is 26.1 Å². The maximum atomic E-state index is 12.5. The first-order valence-corrected chi connectivity index (χ1v) is 10.3. The molecule has 1 aromatic heterocycles. The Balaban J connectivity index is 1.36. The third kappa shape index (κ3) is 4.03. The van der Waals surface area contributed by atoms with Crippen molar-refractivity contribution in [1.82, 2.24) is 9.88 Å². The van der Waals surface area contributed by atoms with Gasteiger partial charge in [-0.05, 0) is 44.0 Å². The van der Waals surface area contributed by atoms with Crippen LogP contribution in [0.5, 0.6) is 11.5 Å². The third-order valence-corrected chi connectivity index (χ3v) is 5.50. The molecular formula is C24H25N3O4. The molecule has 1 atom stereocenters. The number of aromatic nitrogens is 1. The molecule has 3 aromatic rings. The number of ether oxygens (including phenoxy) is 2. The molecule has 0 saturated heterocycles. The number of hydrogen-bond donors (Lipinski definition) is 1. The molecule has 0 radical (unpaired) electrons. The van der Waals surface area contributed by atoms with E-state index in [9.17, 15) is 9.59 Å². The number of nitrogens with zero attached hydrogens (tertiary/aromatic N) is 2. The topological polar surface area (TPSA) is 80.8 Å². The number of anilines is 1. The zero-order valence-electron chi connectivity index (χ0n) is 17.8. The van der Waals surface area contributed by atoms with Crippen LogP contribution in [0.4, 0.5) is 5.69 Å². The van der Waals surface area contributed by atoms with Crippen LogP contribution in [0.1, 0.15) is 40.5 Å². The van der Waals surface area contributed by atoms with Crippen LogP contribution in [0.15, 0.2) is 48.7 Å². The van der Waals surface area contributed by atoms with Crippen molar-refractivity contribution < 1.29 is 19.1 Å². The molecule has 1 unspecified atom stereocenters. The molecule has 160 valence electrons. The van der Waals surface area contributed by atoms with E-state index in [1.54, 1.807) is 44.7 Å². The van der Waals surface area contributed by atoms with Gasteiger partial charge in [0.25, 0.3) is 11.8 Å². The molecule has 1 aliphatic rings. The number of carbonyl (C=O) groups excluding carboxylic acids is 2. The summed E-state index contributed by atoms with van der Waals surface area (Å²) in [7, 11) is 3.21. The molecule has 2 heterocycles. The van der Waals surface area contributed by atoms with Gasteiger partial charge < -0.3 is 14.8 Å². The number of rotatable bonds is 8. The molecule has 7 heteroatoms. The Labute approximate surface area is 181 Å². The lowest BCUT2D eigenvalue weighted by molar-refractivity contribution is 0.0651. The van der Waals surface area contributed by atoms with Crippen LogP contribution in [0.25, 0.3) is 10.9 Å². The fourth-order valence-corrected chi connectivity index (χ4v) is 3.89. The molecule has 2 amide bonds. The number of fused-ring (bicyclic) bond motifs is 2. The minimum absolute atomic E-state index is 0.148. The standard InChI is InChI=1S/C24H25N3O4/c1-15(7-6-10-27-23(28)18-8-4-5-9-19(18)24(27)29)26-17-11-16-12-21(30-2)22(31-3)13-20(16)25-14-17/h4-5,8-9,11-15,26H,6-7,10H2,1-3H3. The van der Waals surface area contributed by atoms with E-state index in [4.69, 9.17) is 9.47 Å². The predicted molar refractivity (Wildman–Crippen MR) is 119 cm³/mol. The fourth-order valence-electron chi connectivity index (χ4n) is 3.89. The van der Waals surface area contributed by atoms with Crippen LogP contribution in [0.2, 0.25) is 0 Å². The molecule has 0 saturated carbocycles. The van der Waals surface area contributed by atoms with Crippen LogP contribution in [-0.4, -0.2) is 48.5 Å². The van der Waals surface area contributed by atoms with Crippen molar-refractivity contribution in [3.8, 4) is 11.5 Å². The van der Waals surface area contributed by atoms with Crippen LogP contribution >= 0.6 is 0 Å². The first kappa shape index (κ1) is 20.7. The van der Waals surface area contributed by atoms with Crippen molar-refractivity contribution in [2.45, 2.75) is 25.8 Å². The molecule has 0 spiro atoms. The highest BCUT2D eigenvalue weighted by atomic mass is 16.5. The van der Waals surface area contributed by atoms with Crippen LogP contribution < -0.4 is 14.8 Å². The second-order valence-corrected chi connectivity index (χ2v) is 7.62. The summed E-state index contributed by atoms with van der Waals surface area (Å²) < 4.78 is 10.7. The second kappa shape index (κ2) is 8.63. The highest BCUT2D eigenvalue weighted by Crippen LogP contribution is 2.32. The van der Waals surface area contributed by atoms with Crippen molar-refractivity contribution in [3.63, 3.8) is 0 Å². The normalized spacial score (nSPS) is 14.0. The molecule has 1 N–H and O–H groups in total. The van der Waals surface area contributed by atoms with Gasteiger partial charge >= 0.3 is 0 Å². The smallest absolute Gasteiger partial charge is 0.261 e. The molecule has 2 aromatic carbocycles. The van der Waals surface area contributed by atoms with E-state index in [1.165, 1.54) is 4.90 Å². The van der Waals surface area contributed by atoms with Gasteiger partial charge in [-0.3, -0.25) is 19.5 Å². The van der Waals surface area contributed by atoms with Gasteiger partial charge in [-0.25, -0.2) is 0 Å². The Bertz CT molecular complexity index is 1110.